The SMILES string of the molecule is COc1cc(C2NC(=O)NC3=C2C(=O)CC(C)(C)C3)cc(Br)c1O. The maximum Gasteiger partial charge on any atom is 0.319 e. The van der Waals surface area contributed by atoms with Gasteiger partial charge in [0.15, 0.2) is 17.3 Å². The highest BCUT2D eigenvalue weighted by Crippen LogP contribution is 2.44. The van der Waals surface area contributed by atoms with E-state index in [4.69, 9.17) is 4.74 Å². The number of methoxy groups -OCH3 is 1. The third kappa shape index (κ3) is 2.88. The summed E-state index contributed by atoms with van der Waals surface area (Å²) >= 11 is 3.28. The molecule has 128 valence electrons. The van der Waals surface area contributed by atoms with Crippen molar-refractivity contribution in [1.29, 1.82) is 0 Å². The number of carbonyl (C=O) groups excluding carboxylic acids is 2. The topological polar surface area (TPSA) is 87.7 Å². The van der Waals surface area contributed by atoms with Gasteiger partial charge in [0.05, 0.1) is 17.6 Å². The van der Waals surface area contributed by atoms with Crippen molar-refractivity contribution in [3.05, 3.63) is 33.4 Å². The normalized spacial score (nSPS) is 22.6. The Morgan fingerprint density at radius 1 is 1.29 bits per heavy atom. The van der Waals surface area contributed by atoms with Gasteiger partial charge in [0.1, 0.15) is 0 Å². The van der Waals surface area contributed by atoms with E-state index < -0.39 is 6.04 Å². The zero-order chi connectivity index (χ0) is 17.6. The second-order valence-corrected chi connectivity index (χ2v) is 7.77. The quantitative estimate of drug-likeness (QED) is 0.718. The summed E-state index contributed by atoms with van der Waals surface area (Å²) < 4.78 is 5.61. The summed E-state index contributed by atoms with van der Waals surface area (Å²) in [5.74, 6) is 0.270. The maximum absolute atomic E-state index is 12.7. The lowest BCUT2D eigenvalue weighted by Gasteiger charge is -2.38. The van der Waals surface area contributed by atoms with Gasteiger partial charge in [-0.25, -0.2) is 4.79 Å². The van der Waals surface area contributed by atoms with Gasteiger partial charge in [-0.2, -0.15) is 0 Å². The minimum Gasteiger partial charge on any atom is -0.503 e. The average Bonchev–Trinajstić information content (AvgIpc) is 2.47. The van der Waals surface area contributed by atoms with Crippen molar-refractivity contribution >= 4 is 27.7 Å². The van der Waals surface area contributed by atoms with Crippen LogP contribution < -0.4 is 15.4 Å². The highest BCUT2D eigenvalue weighted by molar-refractivity contribution is 9.10. The van der Waals surface area contributed by atoms with Gasteiger partial charge in [-0.3, -0.25) is 4.79 Å². The van der Waals surface area contributed by atoms with Crippen LogP contribution in [0.3, 0.4) is 0 Å². The molecule has 1 aromatic carbocycles. The van der Waals surface area contributed by atoms with Gasteiger partial charge in [0, 0.05) is 17.7 Å². The molecule has 2 aliphatic rings. The molecule has 0 spiro atoms. The van der Waals surface area contributed by atoms with Gasteiger partial charge in [0.25, 0.3) is 0 Å². The van der Waals surface area contributed by atoms with Crippen molar-refractivity contribution in [3.63, 3.8) is 0 Å². The van der Waals surface area contributed by atoms with Crippen LogP contribution in [0.25, 0.3) is 0 Å². The minimum absolute atomic E-state index is 0.0157. The van der Waals surface area contributed by atoms with Gasteiger partial charge in [-0.15, -0.1) is 0 Å². The van der Waals surface area contributed by atoms with Crippen LogP contribution in [0.15, 0.2) is 27.9 Å². The monoisotopic (exact) mass is 394 g/mol. The molecule has 0 fully saturated rings. The van der Waals surface area contributed by atoms with Gasteiger partial charge in [0.2, 0.25) is 0 Å². The second-order valence-electron chi connectivity index (χ2n) is 6.92. The number of allylic oxidation sites excluding steroid dienone is 1. The van der Waals surface area contributed by atoms with Crippen LogP contribution in [0.5, 0.6) is 11.5 Å². The Morgan fingerprint density at radius 3 is 2.67 bits per heavy atom. The van der Waals surface area contributed by atoms with E-state index in [1.54, 1.807) is 12.1 Å². The number of ether oxygens (including phenoxy) is 1. The summed E-state index contributed by atoms with van der Waals surface area (Å²) in [6.07, 6.45) is 1.06. The molecule has 3 N–H and O–H groups in total. The predicted octanol–water partition coefficient (Wildman–Crippen LogP) is 3.16. The van der Waals surface area contributed by atoms with Crippen LogP contribution in [0.4, 0.5) is 4.79 Å². The van der Waals surface area contributed by atoms with Crippen LogP contribution in [-0.2, 0) is 4.79 Å². The first-order valence-electron chi connectivity index (χ1n) is 7.62. The Balaban J connectivity index is 2.12. The van der Waals surface area contributed by atoms with Crippen LogP contribution in [0, 0.1) is 5.41 Å². The molecule has 24 heavy (non-hydrogen) atoms. The number of Topliss-reactive ketones (excluding diaryl/α,β-unsaturated/α-hetero) is 1. The smallest absolute Gasteiger partial charge is 0.319 e. The maximum atomic E-state index is 12.7. The minimum atomic E-state index is -0.567. The van der Waals surface area contributed by atoms with E-state index in [9.17, 15) is 14.7 Å². The summed E-state index contributed by atoms with van der Waals surface area (Å²) in [6.45, 7) is 4.02. The van der Waals surface area contributed by atoms with Crippen molar-refractivity contribution in [2.45, 2.75) is 32.7 Å². The van der Waals surface area contributed by atoms with Crippen molar-refractivity contribution in [2.24, 2.45) is 5.41 Å². The molecular formula is C17H19BrN2O4. The standard InChI is InChI=1S/C17H19BrN2O4/c1-17(2)6-10-13(11(21)7-17)14(20-16(23)19-10)8-4-9(18)15(22)12(5-8)24-3/h4-5,14,22H,6-7H2,1-3H3,(H2,19,20,23). The van der Waals surface area contributed by atoms with E-state index in [0.717, 1.165) is 0 Å². The zero-order valence-corrected chi connectivity index (χ0v) is 15.3. The Hall–Kier alpha value is -2.02. The van der Waals surface area contributed by atoms with Crippen molar-refractivity contribution in [2.75, 3.05) is 7.11 Å². The van der Waals surface area contributed by atoms with E-state index in [1.165, 1.54) is 7.11 Å². The average molecular weight is 395 g/mol. The van der Waals surface area contributed by atoms with Crippen molar-refractivity contribution < 1.29 is 19.4 Å². The van der Waals surface area contributed by atoms with E-state index in [2.05, 4.69) is 26.6 Å². The van der Waals surface area contributed by atoms with Gasteiger partial charge in [-0.1, -0.05) is 13.8 Å². The molecule has 1 unspecified atom stereocenters. The van der Waals surface area contributed by atoms with E-state index in [0.29, 0.717) is 34.1 Å². The van der Waals surface area contributed by atoms with E-state index >= 15 is 0 Å². The molecule has 1 aliphatic heterocycles. The van der Waals surface area contributed by atoms with Crippen LogP contribution in [0.2, 0.25) is 0 Å². The number of nitrogens with one attached hydrogen (secondary N) is 2. The highest BCUT2D eigenvalue weighted by Gasteiger charge is 2.40. The number of halogens is 1. The van der Waals surface area contributed by atoms with Gasteiger partial charge in [-0.05, 0) is 45.5 Å². The molecule has 1 atom stereocenters. The molecule has 0 bridgehead atoms. The number of rotatable bonds is 2. The molecule has 1 aliphatic carbocycles. The number of phenolic OH excluding ortho intramolecular Hbond substituents is 1. The van der Waals surface area contributed by atoms with Gasteiger partial charge >= 0.3 is 6.03 Å². The molecule has 0 saturated carbocycles. The number of carbonyl (C=O) groups is 2. The number of ketones is 1. The molecular weight excluding hydrogens is 376 g/mol. The van der Waals surface area contributed by atoms with E-state index in [-0.39, 0.29) is 28.7 Å². The van der Waals surface area contributed by atoms with Crippen LogP contribution >= 0.6 is 15.9 Å². The molecule has 7 heteroatoms. The van der Waals surface area contributed by atoms with Crippen molar-refractivity contribution in [1.82, 2.24) is 10.6 Å². The predicted molar refractivity (Wildman–Crippen MR) is 91.8 cm³/mol. The Morgan fingerprint density at radius 2 is 2.00 bits per heavy atom. The van der Waals surface area contributed by atoms with Crippen LogP contribution in [-0.4, -0.2) is 24.0 Å². The number of hydrogen-bond acceptors (Lipinski definition) is 4. The molecule has 3 rings (SSSR count). The van der Waals surface area contributed by atoms with Gasteiger partial charge < -0.3 is 20.5 Å². The summed E-state index contributed by atoms with van der Waals surface area (Å²) in [6, 6.07) is 2.41. The number of aromatic hydroxyl groups is 1. The molecule has 0 radical (unpaired) electrons. The lowest BCUT2D eigenvalue weighted by Crippen LogP contribution is -2.48. The lowest BCUT2D eigenvalue weighted by atomic mass is 9.73. The first-order valence-corrected chi connectivity index (χ1v) is 8.41. The van der Waals surface area contributed by atoms with Crippen LogP contribution in [0.1, 0.15) is 38.3 Å². The molecule has 6 nitrogen and oxygen atoms in total. The molecule has 0 aromatic heterocycles. The Kier molecular flexibility index (Phi) is 4.07. The first-order chi connectivity index (χ1) is 11.2. The number of hydrogen-bond donors (Lipinski definition) is 3. The fourth-order valence-corrected chi connectivity index (χ4v) is 3.78. The molecule has 1 heterocycles. The first kappa shape index (κ1) is 16.8. The largest absolute Gasteiger partial charge is 0.503 e. The third-order valence-electron chi connectivity index (χ3n) is 4.35. The molecule has 2 amide bonds. The lowest BCUT2D eigenvalue weighted by molar-refractivity contribution is -0.118. The Bertz CT molecular complexity index is 770. The summed E-state index contributed by atoms with van der Waals surface area (Å²) in [5.41, 5.74) is 1.74. The number of urea groups is 1. The highest BCUT2D eigenvalue weighted by atomic mass is 79.9. The third-order valence-corrected chi connectivity index (χ3v) is 4.96. The van der Waals surface area contributed by atoms with E-state index in [1.807, 2.05) is 13.8 Å². The number of phenols is 1. The summed E-state index contributed by atoms with van der Waals surface area (Å²) in [5, 5.41) is 15.6. The molecule has 1 aromatic rings. The fourth-order valence-electron chi connectivity index (χ4n) is 3.32. The fraction of sp³-hybridized carbons (Fsp3) is 0.412. The number of amides is 2. The number of benzene rings is 1. The van der Waals surface area contributed by atoms with Crippen molar-refractivity contribution in [3.8, 4) is 11.5 Å². The zero-order valence-electron chi connectivity index (χ0n) is 13.7. The molecule has 0 saturated heterocycles. The summed E-state index contributed by atoms with van der Waals surface area (Å²) in [4.78, 5) is 24.8. The second kappa shape index (κ2) is 5.81. The summed E-state index contributed by atoms with van der Waals surface area (Å²) in [7, 11) is 1.45. The Labute approximate surface area is 148 Å².